The predicted octanol–water partition coefficient (Wildman–Crippen LogP) is 3.89. The molecular weight excluding hydrogens is 481 g/mol. The van der Waals surface area contributed by atoms with E-state index in [4.69, 9.17) is 0 Å². The summed E-state index contributed by atoms with van der Waals surface area (Å²) >= 11 is 0. The summed E-state index contributed by atoms with van der Waals surface area (Å²) in [5.74, 6) is -1.05. The van der Waals surface area contributed by atoms with Crippen molar-refractivity contribution in [1.82, 2.24) is 10.2 Å². The summed E-state index contributed by atoms with van der Waals surface area (Å²) in [6.45, 7) is 2.06. The lowest BCUT2D eigenvalue weighted by Crippen LogP contribution is -2.50. The van der Waals surface area contributed by atoms with Gasteiger partial charge in [0.05, 0.1) is 11.9 Å². The second kappa shape index (κ2) is 12.9. The molecule has 0 aliphatic heterocycles. The van der Waals surface area contributed by atoms with Crippen LogP contribution in [-0.4, -0.2) is 56.6 Å². The first kappa shape index (κ1) is 27.6. The van der Waals surface area contributed by atoms with Crippen LogP contribution in [0.15, 0.2) is 54.6 Å². The van der Waals surface area contributed by atoms with E-state index in [-0.39, 0.29) is 42.9 Å². The van der Waals surface area contributed by atoms with Crippen LogP contribution in [0.5, 0.6) is 0 Å². The van der Waals surface area contributed by atoms with E-state index in [1.54, 1.807) is 17.9 Å². The van der Waals surface area contributed by atoms with Crippen LogP contribution in [0.25, 0.3) is 0 Å². The Hall–Kier alpha value is -2.94. The van der Waals surface area contributed by atoms with Gasteiger partial charge in [0.1, 0.15) is 11.9 Å². The highest BCUT2D eigenvalue weighted by atomic mass is 32.2. The maximum absolute atomic E-state index is 14.3. The molecule has 9 heteroatoms. The Balaban J connectivity index is 1.67. The number of benzene rings is 2. The van der Waals surface area contributed by atoms with Crippen LogP contribution >= 0.6 is 0 Å². The number of carbonyl (C=O) groups excluding carboxylic acids is 2. The molecule has 36 heavy (non-hydrogen) atoms. The number of nitrogens with one attached hydrogen (secondary N) is 1. The van der Waals surface area contributed by atoms with Gasteiger partial charge in [-0.15, -0.1) is 0 Å². The zero-order valence-corrected chi connectivity index (χ0v) is 21.8. The number of nitrogens with zero attached hydrogens (tertiary/aromatic N) is 2. The van der Waals surface area contributed by atoms with E-state index >= 15 is 0 Å². The van der Waals surface area contributed by atoms with Gasteiger partial charge in [-0.25, -0.2) is 12.8 Å². The zero-order chi connectivity index (χ0) is 26.1. The molecule has 1 aliphatic carbocycles. The topological polar surface area (TPSA) is 86.8 Å². The summed E-state index contributed by atoms with van der Waals surface area (Å²) in [4.78, 5) is 27.8. The van der Waals surface area contributed by atoms with Crippen LogP contribution in [0.4, 0.5) is 10.1 Å². The number of anilines is 1. The summed E-state index contributed by atoms with van der Waals surface area (Å²) < 4.78 is 39.9. The third-order valence-electron chi connectivity index (χ3n) is 6.63. The van der Waals surface area contributed by atoms with E-state index in [0.29, 0.717) is 13.0 Å². The van der Waals surface area contributed by atoms with Gasteiger partial charge in [0.2, 0.25) is 21.8 Å². The number of carbonyl (C=O) groups is 2. The Kier molecular flexibility index (Phi) is 9.87. The molecule has 0 heterocycles. The fourth-order valence-corrected chi connectivity index (χ4v) is 5.56. The molecule has 1 fully saturated rings. The molecule has 0 aromatic heterocycles. The average molecular weight is 518 g/mol. The lowest BCUT2D eigenvalue weighted by molar-refractivity contribution is -0.140. The molecule has 0 spiro atoms. The summed E-state index contributed by atoms with van der Waals surface area (Å²) in [6.07, 6.45) is 5.93. The number of rotatable bonds is 12. The largest absolute Gasteiger partial charge is 0.352 e. The number of halogens is 1. The lowest BCUT2D eigenvalue weighted by Gasteiger charge is -2.30. The summed E-state index contributed by atoms with van der Waals surface area (Å²) in [6, 6.07) is 14.9. The molecular formula is C27H36FN3O4S. The highest BCUT2D eigenvalue weighted by molar-refractivity contribution is 7.92. The molecule has 3 rings (SSSR count). The van der Waals surface area contributed by atoms with Crippen LogP contribution in [-0.2, 0) is 26.0 Å². The van der Waals surface area contributed by atoms with Crippen LogP contribution in [0.2, 0.25) is 0 Å². The second-order valence-electron chi connectivity index (χ2n) is 9.38. The monoisotopic (exact) mass is 517 g/mol. The first-order valence-corrected chi connectivity index (χ1v) is 14.4. The standard InChI is InChI=1S/C27H36FN3O4S/c1-21(27(33)29-23-13-6-7-14-23)30(20-18-22-11-4-3-5-12-22)26(32)17-10-19-31(36(2,34)35)25-16-9-8-15-24(25)28/h3-5,8-9,11-12,15-16,21,23H,6-7,10,13-14,17-20H2,1-2H3,(H,29,33)/t21-/m1/s1. The van der Waals surface area contributed by atoms with Crippen molar-refractivity contribution in [3.63, 3.8) is 0 Å². The van der Waals surface area contributed by atoms with E-state index in [1.807, 2.05) is 30.3 Å². The smallest absolute Gasteiger partial charge is 0.242 e. The van der Waals surface area contributed by atoms with Gasteiger partial charge < -0.3 is 10.2 Å². The van der Waals surface area contributed by atoms with E-state index in [1.165, 1.54) is 18.2 Å². The average Bonchev–Trinajstić information content (AvgIpc) is 3.35. The molecule has 1 atom stereocenters. The summed E-state index contributed by atoms with van der Waals surface area (Å²) in [5.41, 5.74) is 1.01. The molecule has 2 amide bonds. The highest BCUT2D eigenvalue weighted by Crippen LogP contribution is 2.22. The summed E-state index contributed by atoms with van der Waals surface area (Å²) in [7, 11) is -3.74. The second-order valence-corrected chi connectivity index (χ2v) is 11.3. The number of sulfonamides is 1. The molecule has 0 bridgehead atoms. The van der Waals surface area contributed by atoms with Gasteiger partial charge in [-0.3, -0.25) is 13.9 Å². The van der Waals surface area contributed by atoms with Crippen molar-refractivity contribution in [2.45, 2.75) is 64.0 Å². The van der Waals surface area contributed by atoms with Gasteiger partial charge in [-0.05, 0) is 50.3 Å². The van der Waals surface area contributed by atoms with Crippen molar-refractivity contribution >= 4 is 27.5 Å². The first-order valence-electron chi connectivity index (χ1n) is 12.5. The number of amides is 2. The van der Waals surface area contributed by atoms with Crippen molar-refractivity contribution < 1.29 is 22.4 Å². The minimum atomic E-state index is -3.74. The number of hydrogen-bond acceptors (Lipinski definition) is 4. The molecule has 1 N–H and O–H groups in total. The Morgan fingerprint density at radius 3 is 2.31 bits per heavy atom. The van der Waals surface area contributed by atoms with Crippen LogP contribution in [0.3, 0.4) is 0 Å². The van der Waals surface area contributed by atoms with Crippen molar-refractivity contribution in [2.75, 3.05) is 23.7 Å². The zero-order valence-electron chi connectivity index (χ0n) is 21.0. The van der Waals surface area contributed by atoms with Crippen LogP contribution in [0, 0.1) is 5.82 Å². The normalized spacial score (nSPS) is 14.9. The lowest BCUT2D eigenvalue weighted by atomic mass is 10.1. The summed E-state index contributed by atoms with van der Waals surface area (Å²) in [5, 5.41) is 3.07. The molecule has 2 aromatic rings. The fourth-order valence-electron chi connectivity index (χ4n) is 4.60. The van der Waals surface area contributed by atoms with Crippen molar-refractivity contribution in [2.24, 2.45) is 0 Å². The number of hydrogen-bond donors (Lipinski definition) is 1. The predicted molar refractivity (Wildman–Crippen MR) is 140 cm³/mol. The Labute approximate surface area is 213 Å². The maximum Gasteiger partial charge on any atom is 0.242 e. The molecule has 2 aromatic carbocycles. The van der Waals surface area contributed by atoms with E-state index < -0.39 is 21.9 Å². The fraction of sp³-hybridized carbons (Fsp3) is 0.481. The third-order valence-corrected chi connectivity index (χ3v) is 7.81. The molecule has 7 nitrogen and oxygen atoms in total. The van der Waals surface area contributed by atoms with Gasteiger partial charge >= 0.3 is 0 Å². The van der Waals surface area contributed by atoms with E-state index in [9.17, 15) is 22.4 Å². The molecule has 0 radical (unpaired) electrons. The quantitative estimate of drug-likeness (QED) is 0.463. The Bertz CT molecular complexity index is 1120. The molecule has 0 saturated heterocycles. The Morgan fingerprint density at radius 2 is 1.67 bits per heavy atom. The highest BCUT2D eigenvalue weighted by Gasteiger charge is 2.28. The molecule has 1 saturated carbocycles. The van der Waals surface area contributed by atoms with Gasteiger partial charge in [0.25, 0.3) is 0 Å². The minimum Gasteiger partial charge on any atom is -0.352 e. The van der Waals surface area contributed by atoms with Gasteiger partial charge in [-0.1, -0.05) is 55.3 Å². The minimum absolute atomic E-state index is 0.0380. The molecule has 0 unspecified atom stereocenters. The van der Waals surface area contributed by atoms with Crippen LogP contribution in [0.1, 0.15) is 51.0 Å². The SMILES string of the molecule is C[C@H](C(=O)NC1CCCC1)N(CCc1ccccc1)C(=O)CCCN(c1ccccc1F)S(C)(=O)=O. The van der Waals surface area contributed by atoms with Crippen molar-refractivity contribution in [3.8, 4) is 0 Å². The van der Waals surface area contributed by atoms with Crippen molar-refractivity contribution in [3.05, 3.63) is 66.0 Å². The maximum atomic E-state index is 14.3. The first-order chi connectivity index (χ1) is 17.2. The van der Waals surface area contributed by atoms with E-state index in [0.717, 1.165) is 41.8 Å². The van der Waals surface area contributed by atoms with Crippen molar-refractivity contribution in [1.29, 1.82) is 0 Å². The van der Waals surface area contributed by atoms with Gasteiger partial charge in [0.15, 0.2) is 0 Å². The number of para-hydroxylation sites is 1. The van der Waals surface area contributed by atoms with E-state index in [2.05, 4.69) is 5.32 Å². The third kappa shape index (κ3) is 7.78. The van der Waals surface area contributed by atoms with Crippen LogP contribution < -0.4 is 9.62 Å². The molecule has 1 aliphatic rings. The molecule has 196 valence electrons. The Morgan fingerprint density at radius 1 is 1.03 bits per heavy atom. The van der Waals surface area contributed by atoms with Gasteiger partial charge in [0, 0.05) is 25.6 Å². The van der Waals surface area contributed by atoms with Gasteiger partial charge in [-0.2, -0.15) is 0 Å².